The number of hydrogen-bond donors (Lipinski definition) is 1. The van der Waals surface area contributed by atoms with Crippen LogP contribution in [0.2, 0.25) is 0 Å². The average molecular weight is 281 g/mol. The van der Waals surface area contributed by atoms with Gasteiger partial charge in [0, 0.05) is 19.0 Å². The Labute approximate surface area is 104 Å². The lowest BCUT2D eigenvalue weighted by molar-refractivity contribution is -0.183. The van der Waals surface area contributed by atoms with Gasteiger partial charge in [0.1, 0.15) is 0 Å². The summed E-state index contributed by atoms with van der Waals surface area (Å²) < 4.78 is 36.2. The third-order valence-electron chi connectivity index (χ3n) is 1.97. The van der Waals surface area contributed by atoms with Gasteiger partial charge >= 0.3 is 12.1 Å². The maximum atomic E-state index is 12.1. The van der Waals surface area contributed by atoms with Gasteiger partial charge in [-0.3, -0.25) is 9.59 Å². The van der Waals surface area contributed by atoms with E-state index in [2.05, 4.69) is 4.98 Å². The number of nitrogens with two attached hydrogens (primary N) is 1. The number of rotatable bonds is 4. The van der Waals surface area contributed by atoms with Gasteiger partial charge in [-0.1, -0.05) is 0 Å². The molecule has 0 bridgehead atoms. The van der Waals surface area contributed by atoms with Crippen LogP contribution in [0.25, 0.3) is 0 Å². The second kappa shape index (κ2) is 5.44. The molecular weight excluding hydrogens is 271 g/mol. The zero-order valence-corrected chi connectivity index (χ0v) is 10.1. The van der Waals surface area contributed by atoms with Crippen molar-refractivity contribution in [2.45, 2.75) is 12.7 Å². The predicted molar refractivity (Wildman–Crippen MR) is 58.0 cm³/mol. The molecule has 0 aliphatic heterocycles. The molecule has 0 atom stereocenters. The monoisotopic (exact) mass is 281 g/mol. The van der Waals surface area contributed by atoms with Gasteiger partial charge in [-0.05, 0) is 0 Å². The molecule has 1 rings (SSSR count). The first-order valence-corrected chi connectivity index (χ1v) is 5.63. The first-order valence-electron chi connectivity index (χ1n) is 4.75. The number of amides is 1. The lowest BCUT2D eigenvalue weighted by Crippen LogP contribution is -2.41. The molecule has 18 heavy (non-hydrogen) atoms. The number of thiazole rings is 1. The van der Waals surface area contributed by atoms with Crippen molar-refractivity contribution in [1.82, 2.24) is 9.88 Å². The summed E-state index contributed by atoms with van der Waals surface area (Å²) in [5.41, 5.74) is 5.77. The van der Waals surface area contributed by atoms with Crippen LogP contribution >= 0.6 is 11.3 Å². The molecule has 1 aromatic rings. The fourth-order valence-corrected chi connectivity index (χ4v) is 1.86. The van der Waals surface area contributed by atoms with Gasteiger partial charge in [0.2, 0.25) is 5.78 Å². The summed E-state index contributed by atoms with van der Waals surface area (Å²) in [5.74, 6) is -2.72. The number of hydrogen-bond acceptors (Lipinski definition) is 5. The Morgan fingerprint density at radius 1 is 1.50 bits per heavy atom. The number of ketones is 1. The van der Waals surface area contributed by atoms with E-state index in [1.807, 2.05) is 0 Å². The molecule has 0 aliphatic rings. The Bertz CT molecular complexity index is 458. The van der Waals surface area contributed by atoms with Crippen LogP contribution in [0.4, 0.5) is 13.2 Å². The van der Waals surface area contributed by atoms with Gasteiger partial charge in [0.05, 0.1) is 12.2 Å². The third kappa shape index (κ3) is 3.50. The van der Waals surface area contributed by atoms with E-state index in [4.69, 9.17) is 5.73 Å². The molecule has 0 spiro atoms. The summed E-state index contributed by atoms with van der Waals surface area (Å²) in [5, 5.41) is 1.58. The Balaban J connectivity index is 2.68. The van der Waals surface area contributed by atoms with Crippen LogP contribution in [-0.4, -0.2) is 41.3 Å². The van der Waals surface area contributed by atoms with Crippen LogP contribution in [0.1, 0.15) is 15.5 Å². The number of Topliss-reactive ketones (excluding diaryl/α,β-unsaturated/α-hetero) is 1. The molecule has 1 aromatic heterocycles. The Kier molecular flexibility index (Phi) is 4.41. The van der Waals surface area contributed by atoms with E-state index in [9.17, 15) is 22.8 Å². The molecule has 5 nitrogen and oxygen atoms in total. The number of likely N-dealkylation sites (N-methyl/N-ethyl adjacent to an activating group) is 1. The van der Waals surface area contributed by atoms with Crippen molar-refractivity contribution in [3.63, 3.8) is 0 Å². The number of carbonyl (C=O) groups is 2. The summed E-state index contributed by atoms with van der Waals surface area (Å²) >= 11 is 0.984. The average Bonchev–Trinajstić information content (AvgIpc) is 2.75. The maximum Gasteiger partial charge on any atom is 0.471 e. The van der Waals surface area contributed by atoms with Crippen LogP contribution in [0, 0.1) is 0 Å². The van der Waals surface area contributed by atoms with E-state index in [0.717, 1.165) is 18.4 Å². The standard InChI is InChI=1S/C9H10F3N3O2S/c1-15(8(17)9(10,11)12)3-6(16)7-14-5(2-13)4-18-7/h4H,2-3,13H2,1H3. The molecule has 0 aromatic carbocycles. The molecule has 0 aliphatic carbocycles. The van der Waals surface area contributed by atoms with Crippen LogP contribution < -0.4 is 5.73 Å². The quantitative estimate of drug-likeness (QED) is 0.828. The van der Waals surface area contributed by atoms with Crippen molar-refractivity contribution in [2.24, 2.45) is 5.73 Å². The van der Waals surface area contributed by atoms with Gasteiger partial charge < -0.3 is 10.6 Å². The van der Waals surface area contributed by atoms with E-state index >= 15 is 0 Å². The van der Waals surface area contributed by atoms with Crippen LogP contribution in [0.15, 0.2) is 5.38 Å². The molecule has 9 heteroatoms. The molecule has 0 unspecified atom stereocenters. The molecule has 100 valence electrons. The minimum absolute atomic E-state index is 0.0391. The summed E-state index contributed by atoms with van der Waals surface area (Å²) in [6.45, 7) is -0.531. The largest absolute Gasteiger partial charge is 0.471 e. The predicted octanol–water partition coefficient (Wildman–Crippen LogP) is 0.805. The highest BCUT2D eigenvalue weighted by Crippen LogP contribution is 2.18. The van der Waals surface area contributed by atoms with E-state index in [1.165, 1.54) is 0 Å². The van der Waals surface area contributed by atoms with Crippen molar-refractivity contribution >= 4 is 23.0 Å². The van der Waals surface area contributed by atoms with Gasteiger partial charge in [0.15, 0.2) is 5.01 Å². The van der Waals surface area contributed by atoms with E-state index in [1.54, 1.807) is 5.38 Å². The smallest absolute Gasteiger partial charge is 0.330 e. The highest BCUT2D eigenvalue weighted by Gasteiger charge is 2.41. The zero-order chi connectivity index (χ0) is 13.9. The van der Waals surface area contributed by atoms with E-state index in [-0.39, 0.29) is 11.6 Å². The van der Waals surface area contributed by atoms with Crippen molar-refractivity contribution in [3.05, 3.63) is 16.1 Å². The van der Waals surface area contributed by atoms with Crippen molar-refractivity contribution in [2.75, 3.05) is 13.6 Å². The van der Waals surface area contributed by atoms with Crippen molar-refractivity contribution in [3.8, 4) is 0 Å². The van der Waals surface area contributed by atoms with Gasteiger partial charge in [-0.2, -0.15) is 13.2 Å². The highest BCUT2D eigenvalue weighted by molar-refractivity contribution is 7.11. The Hall–Kier alpha value is -1.48. The first kappa shape index (κ1) is 14.6. The minimum Gasteiger partial charge on any atom is -0.330 e. The first-order chi connectivity index (χ1) is 8.25. The minimum atomic E-state index is -4.99. The molecular formula is C9H10F3N3O2S. The molecule has 0 saturated heterocycles. The van der Waals surface area contributed by atoms with Crippen molar-refractivity contribution in [1.29, 1.82) is 0 Å². The molecule has 1 heterocycles. The topological polar surface area (TPSA) is 76.3 Å². The normalized spacial score (nSPS) is 11.4. The number of halogens is 3. The van der Waals surface area contributed by atoms with Crippen LogP contribution in [-0.2, 0) is 11.3 Å². The summed E-state index contributed by atoms with van der Waals surface area (Å²) in [6.07, 6.45) is -4.99. The van der Waals surface area contributed by atoms with E-state index < -0.39 is 24.4 Å². The molecule has 2 N–H and O–H groups in total. The fraction of sp³-hybridized carbons (Fsp3) is 0.444. The summed E-state index contributed by atoms with van der Waals surface area (Å²) in [7, 11) is 0.908. The van der Waals surface area contributed by atoms with Crippen LogP contribution in [0.3, 0.4) is 0 Å². The molecule has 0 fully saturated rings. The molecule has 0 radical (unpaired) electrons. The SMILES string of the molecule is CN(CC(=O)c1nc(CN)cs1)C(=O)C(F)(F)F. The number of aromatic nitrogens is 1. The van der Waals surface area contributed by atoms with Gasteiger partial charge in [0.25, 0.3) is 0 Å². The highest BCUT2D eigenvalue weighted by atomic mass is 32.1. The Morgan fingerprint density at radius 2 is 2.11 bits per heavy atom. The summed E-state index contributed by atoms with van der Waals surface area (Å²) in [4.78, 5) is 26.5. The second-order valence-corrected chi connectivity index (χ2v) is 4.29. The van der Waals surface area contributed by atoms with E-state index in [0.29, 0.717) is 10.6 Å². The number of nitrogens with zero attached hydrogens (tertiary/aromatic N) is 2. The zero-order valence-electron chi connectivity index (χ0n) is 9.32. The van der Waals surface area contributed by atoms with Crippen molar-refractivity contribution < 1.29 is 22.8 Å². The second-order valence-electron chi connectivity index (χ2n) is 3.43. The Morgan fingerprint density at radius 3 is 2.56 bits per heavy atom. The van der Waals surface area contributed by atoms with Crippen LogP contribution in [0.5, 0.6) is 0 Å². The molecule has 1 amide bonds. The number of carbonyl (C=O) groups excluding carboxylic acids is 2. The third-order valence-corrected chi connectivity index (χ3v) is 2.90. The lowest BCUT2D eigenvalue weighted by atomic mass is 10.3. The fourth-order valence-electron chi connectivity index (χ4n) is 1.10. The lowest BCUT2D eigenvalue weighted by Gasteiger charge is -2.16. The maximum absolute atomic E-state index is 12.1. The van der Waals surface area contributed by atoms with Gasteiger partial charge in [-0.15, -0.1) is 11.3 Å². The molecule has 0 saturated carbocycles. The number of alkyl halides is 3. The summed E-state index contributed by atoms with van der Waals surface area (Å²) in [6, 6.07) is 0. The van der Waals surface area contributed by atoms with Gasteiger partial charge in [-0.25, -0.2) is 4.98 Å².